The molecule has 0 spiro atoms. The Morgan fingerprint density at radius 1 is 0.745 bits per heavy atom. The fourth-order valence-electron chi connectivity index (χ4n) is 6.01. The molecule has 0 bridgehead atoms. The van der Waals surface area contributed by atoms with E-state index in [1.807, 2.05) is 18.3 Å². The van der Waals surface area contributed by atoms with Gasteiger partial charge in [0.1, 0.15) is 0 Å². The van der Waals surface area contributed by atoms with Crippen LogP contribution in [0.5, 0.6) is 0 Å². The van der Waals surface area contributed by atoms with Crippen molar-refractivity contribution in [3.8, 4) is 0 Å². The average molecular weight is 644 g/mol. The van der Waals surface area contributed by atoms with Crippen LogP contribution in [0, 0.1) is 23.7 Å². The Morgan fingerprint density at radius 3 is 2.00 bits per heavy atom. The summed E-state index contributed by atoms with van der Waals surface area (Å²) >= 11 is 0. The van der Waals surface area contributed by atoms with Crippen LogP contribution in [0.15, 0.2) is 91.7 Å². The number of nitrogens with one attached hydrogen (secondary N) is 4. The van der Waals surface area contributed by atoms with Crippen LogP contribution in [-0.2, 0) is 17.6 Å². The van der Waals surface area contributed by atoms with Gasteiger partial charge in [-0.05, 0) is 79.4 Å². The summed E-state index contributed by atoms with van der Waals surface area (Å²) in [6, 6.07) is 14.8. The highest BCUT2D eigenvalue weighted by Crippen LogP contribution is 2.20. The van der Waals surface area contributed by atoms with Gasteiger partial charge in [0.05, 0.1) is 12.1 Å². The van der Waals surface area contributed by atoms with E-state index in [1.54, 1.807) is 6.20 Å². The Morgan fingerprint density at radius 2 is 1.43 bits per heavy atom. The molecule has 0 radical (unpaired) electrons. The van der Waals surface area contributed by atoms with Crippen LogP contribution >= 0.6 is 0 Å². The molecule has 6 nitrogen and oxygen atoms in total. The van der Waals surface area contributed by atoms with E-state index in [0.29, 0.717) is 30.6 Å². The van der Waals surface area contributed by atoms with Crippen LogP contribution in [0.2, 0.25) is 0 Å². The van der Waals surface area contributed by atoms with Crippen molar-refractivity contribution in [2.45, 2.75) is 125 Å². The highest BCUT2D eigenvalue weighted by atomic mass is 16.1. The topological polar surface area (TPSA) is 78.1 Å². The SMILES string of the molecule is C=C(CC(C)C)NC(CC(C)C)C(=C)NC(C(=C)NC(CCC(=O)NC(CCc1cccnc1)C(C)C)Cc1ccccc1)C(C)C. The molecule has 0 aliphatic carbocycles. The zero-order chi connectivity index (χ0) is 34.9. The Hall–Kier alpha value is -3.54. The molecule has 2 aromatic rings. The second kappa shape index (κ2) is 20.6. The standard InChI is InChI=1S/C41H65N5O/c1-28(2)24-32(9)43-39(25-29(3)4)33(10)45-41(31(7)8)34(11)44-37(26-35-16-13-12-14-17-35)20-22-40(47)46-38(30(5)6)21-19-36-18-15-23-42-27-36/h12-18,23,27-31,37-39,41,43-45H,9-11,19-22,24-26H2,1-8H3,(H,46,47). The van der Waals surface area contributed by atoms with Gasteiger partial charge >= 0.3 is 0 Å². The summed E-state index contributed by atoms with van der Waals surface area (Å²) in [5.74, 6) is 1.75. The number of hydrogen-bond acceptors (Lipinski definition) is 5. The van der Waals surface area contributed by atoms with Crippen molar-refractivity contribution < 1.29 is 4.79 Å². The van der Waals surface area contributed by atoms with Gasteiger partial charge in [-0.3, -0.25) is 9.78 Å². The quantitative estimate of drug-likeness (QED) is 0.0979. The lowest BCUT2D eigenvalue weighted by atomic mass is 9.95. The largest absolute Gasteiger partial charge is 0.384 e. The lowest BCUT2D eigenvalue weighted by Crippen LogP contribution is -2.47. The van der Waals surface area contributed by atoms with Gasteiger partial charge in [-0.2, -0.15) is 0 Å². The van der Waals surface area contributed by atoms with Crippen molar-refractivity contribution in [1.82, 2.24) is 26.3 Å². The fourth-order valence-corrected chi connectivity index (χ4v) is 6.01. The van der Waals surface area contributed by atoms with Gasteiger partial charge < -0.3 is 21.3 Å². The number of carbonyl (C=O) groups excluding carboxylic acids is 1. The number of allylic oxidation sites excluding steroid dienone is 1. The summed E-state index contributed by atoms with van der Waals surface area (Å²) in [4.78, 5) is 17.5. The first kappa shape index (κ1) is 39.6. The molecule has 0 saturated heterocycles. The van der Waals surface area contributed by atoms with Gasteiger partial charge in [0.25, 0.3) is 0 Å². The summed E-state index contributed by atoms with van der Waals surface area (Å²) in [6.07, 6.45) is 9.32. The fraction of sp³-hybridized carbons (Fsp3) is 0.561. The molecule has 260 valence electrons. The maximum Gasteiger partial charge on any atom is 0.220 e. The van der Waals surface area contributed by atoms with Crippen molar-refractivity contribution in [1.29, 1.82) is 0 Å². The van der Waals surface area contributed by atoms with Crippen LogP contribution in [0.4, 0.5) is 0 Å². The predicted octanol–water partition coefficient (Wildman–Crippen LogP) is 8.34. The van der Waals surface area contributed by atoms with E-state index in [4.69, 9.17) is 0 Å². The lowest BCUT2D eigenvalue weighted by Gasteiger charge is -2.34. The number of amides is 1. The normalized spacial score (nSPS) is 14.0. The van der Waals surface area contributed by atoms with Gasteiger partial charge in [-0.1, -0.05) is 112 Å². The van der Waals surface area contributed by atoms with Gasteiger partial charge in [-0.25, -0.2) is 0 Å². The highest BCUT2D eigenvalue weighted by molar-refractivity contribution is 5.76. The Bertz CT molecular complexity index is 1220. The molecular weight excluding hydrogens is 578 g/mol. The number of aromatic nitrogens is 1. The molecular formula is C41H65N5O. The number of hydrogen-bond donors (Lipinski definition) is 4. The zero-order valence-corrected chi connectivity index (χ0v) is 30.7. The maximum absolute atomic E-state index is 13.3. The number of nitrogens with zero attached hydrogens (tertiary/aromatic N) is 1. The minimum absolute atomic E-state index is 0.0257. The summed E-state index contributed by atoms with van der Waals surface area (Å²) < 4.78 is 0. The van der Waals surface area contributed by atoms with E-state index < -0.39 is 0 Å². The van der Waals surface area contributed by atoms with Crippen LogP contribution in [0.1, 0.15) is 98.6 Å². The molecule has 0 fully saturated rings. The molecule has 1 aromatic carbocycles. The third kappa shape index (κ3) is 15.7. The number of aryl methyl sites for hydroxylation is 1. The van der Waals surface area contributed by atoms with Gasteiger partial charge in [0.2, 0.25) is 5.91 Å². The smallest absolute Gasteiger partial charge is 0.220 e. The summed E-state index contributed by atoms with van der Waals surface area (Å²) in [7, 11) is 0. The van der Waals surface area contributed by atoms with Crippen molar-refractivity contribution in [3.05, 3.63) is 103 Å². The van der Waals surface area contributed by atoms with Crippen LogP contribution in [0.3, 0.4) is 0 Å². The molecule has 0 saturated carbocycles. The predicted molar refractivity (Wildman–Crippen MR) is 201 cm³/mol. The second-order valence-corrected chi connectivity index (χ2v) is 14.8. The molecule has 47 heavy (non-hydrogen) atoms. The number of carbonyl (C=O) groups is 1. The van der Waals surface area contributed by atoms with Gasteiger partial charge in [0, 0.05) is 48.0 Å². The van der Waals surface area contributed by atoms with E-state index in [0.717, 1.165) is 49.2 Å². The third-order valence-corrected chi connectivity index (χ3v) is 8.60. The second-order valence-electron chi connectivity index (χ2n) is 14.8. The van der Waals surface area contributed by atoms with Crippen LogP contribution < -0.4 is 21.3 Å². The molecule has 4 unspecified atom stereocenters. The third-order valence-electron chi connectivity index (χ3n) is 8.60. The summed E-state index contributed by atoms with van der Waals surface area (Å²) in [6.45, 7) is 31.0. The molecule has 6 heteroatoms. The minimum atomic E-state index is -0.0257. The average Bonchev–Trinajstić information content (AvgIpc) is 3.00. The van der Waals surface area contributed by atoms with E-state index in [-0.39, 0.29) is 36.0 Å². The van der Waals surface area contributed by atoms with Crippen molar-refractivity contribution in [3.63, 3.8) is 0 Å². The molecule has 1 aromatic heterocycles. The van der Waals surface area contributed by atoms with Crippen LogP contribution in [0.25, 0.3) is 0 Å². The van der Waals surface area contributed by atoms with Gasteiger partial charge in [-0.15, -0.1) is 0 Å². The number of benzene rings is 1. The lowest BCUT2D eigenvalue weighted by molar-refractivity contribution is -0.122. The molecule has 4 atom stereocenters. The zero-order valence-electron chi connectivity index (χ0n) is 30.7. The summed E-state index contributed by atoms with van der Waals surface area (Å²) in [5.41, 5.74) is 5.35. The van der Waals surface area contributed by atoms with E-state index in [1.165, 1.54) is 11.1 Å². The Labute approximate surface area is 287 Å². The Kier molecular flexibility index (Phi) is 17.4. The molecule has 4 N–H and O–H groups in total. The molecule has 0 aliphatic rings. The first-order valence-corrected chi connectivity index (χ1v) is 17.8. The van der Waals surface area contributed by atoms with E-state index in [9.17, 15) is 4.79 Å². The van der Waals surface area contributed by atoms with E-state index in [2.05, 4.69) is 132 Å². The van der Waals surface area contributed by atoms with Crippen LogP contribution in [-0.4, -0.2) is 35.1 Å². The molecule has 1 heterocycles. The number of rotatable bonds is 23. The molecule has 2 rings (SSSR count). The first-order chi connectivity index (χ1) is 22.2. The minimum Gasteiger partial charge on any atom is -0.384 e. The maximum atomic E-state index is 13.3. The number of pyridine rings is 1. The molecule has 0 aliphatic heterocycles. The summed E-state index contributed by atoms with van der Waals surface area (Å²) in [5, 5.41) is 14.5. The Balaban J connectivity index is 2.11. The van der Waals surface area contributed by atoms with Gasteiger partial charge in [0.15, 0.2) is 0 Å². The van der Waals surface area contributed by atoms with E-state index >= 15 is 0 Å². The first-order valence-electron chi connectivity index (χ1n) is 17.8. The monoisotopic (exact) mass is 644 g/mol. The van der Waals surface area contributed by atoms with Crippen molar-refractivity contribution >= 4 is 5.91 Å². The van der Waals surface area contributed by atoms with Crippen molar-refractivity contribution in [2.75, 3.05) is 0 Å². The highest BCUT2D eigenvalue weighted by Gasteiger charge is 2.25. The molecule has 1 amide bonds. The van der Waals surface area contributed by atoms with Crippen molar-refractivity contribution in [2.24, 2.45) is 23.7 Å².